The fourth-order valence-electron chi connectivity index (χ4n) is 3.45. The van der Waals surface area contributed by atoms with E-state index in [4.69, 9.17) is 4.74 Å². The Hall–Kier alpha value is -3.16. The van der Waals surface area contributed by atoms with Gasteiger partial charge in [-0.1, -0.05) is 30.3 Å². The summed E-state index contributed by atoms with van der Waals surface area (Å²) in [6.45, 7) is -1.72. The summed E-state index contributed by atoms with van der Waals surface area (Å²) in [5.41, 5.74) is 1.26. The molecule has 0 bridgehead atoms. The highest BCUT2D eigenvalue weighted by atomic mass is 19.3. The van der Waals surface area contributed by atoms with Gasteiger partial charge in [-0.3, -0.25) is 9.59 Å². The minimum atomic E-state index is -3.02. The van der Waals surface area contributed by atoms with E-state index in [2.05, 4.69) is 10.1 Å². The van der Waals surface area contributed by atoms with Crippen LogP contribution in [0.15, 0.2) is 48.5 Å². The number of rotatable bonds is 7. The monoisotopic (exact) mass is 418 g/mol. The molecule has 2 aromatic rings. The molecule has 1 heterocycles. The van der Waals surface area contributed by atoms with Crippen LogP contribution in [0.25, 0.3) is 0 Å². The SMILES string of the molecule is COc1ccc(C(=O)N2CCC(C(=O)NCc3ccccc3)CC2)cc1OC(F)F. The van der Waals surface area contributed by atoms with Crippen LogP contribution in [0.5, 0.6) is 11.5 Å². The molecule has 0 aliphatic carbocycles. The van der Waals surface area contributed by atoms with Gasteiger partial charge in [0.15, 0.2) is 11.5 Å². The summed E-state index contributed by atoms with van der Waals surface area (Å²) in [5.74, 6) is -0.538. The number of nitrogens with one attached hydrogen (secondary N) is 1. The van der Waals surface area contributed by atoms with Crippen molar-refractivity contribution in [2.75, 3.05) is 20.2 Å². The third-order valence-corrected chi connectivity index (χ3v) is 5.09. The van der Waals surface area contributed by atoms with Gasteiger partial charge < -0.3 is 19.7 Å². The number of alkyl halides is 2. The fourth-order valence-corrected chi connectivity index (χ4v) is 3.45. The van der Waals surface area contributed by atoms with Crippen molar-refractivity contribution in [2.24, 2.45) is 5.92 Å². The Bertz CT molecular complexity index is 869. The van der Waals surface area contributed by atoms with Gasteiger partial charge in [0, 0.05) is 31.1 Å². The number of hydrogen-bond donors (Lipinski definition) is 1. The van der Waals surface area contributed by atoms with Gasteiger partial charge in [0.25, 0.3) is 5.91 Å². The maximum atomic E-state index is 12.8. The lowest BCUT2D eigenvalue weighted by Crippen LogP contribution is -2.42. The number of nitrogens with zero attached hydrogens (tertiary/aromatic N) is 1. The molecule has 1 N–H and O–H groups in total. The van der Waals surface area contributed by atoms with Crippen molar-refractivity contribution in [3.8, 4) is 11.5 Å². The van der Waals surface area contributed by atoms with Crippen LogP contribution < -0.4 is 14.8 Å². The van der Waals surface area contributed by atoms with E-state index in [1.807, 2.05) is 30.3 Å². The van der Waals surface area contributed by atoms with Gasteiger partial charge in [-0.2, -0.15) is 8.78 Å². The first-order valence-corrected chi connectivity index (χ1v) is 9.71. The topological polar surface area (TPSA) is 67.9 Å². The molecule has 1 fully saturated rings. The molecule has 6 nitrogen and oxygen atoms in total. The van der Waals surface area contributed by atoms with Crippen molar-refractivity contribution in [1.29, 1.82) is 0 Å². The zero-order chi connectivity index (χ0) is 21.5. The molecule has 0 atom stereocenters. The zero-order valence-electron chi connectivity index (χ0n) is 16.6. The summed E-state index contributed by atoms with van der Waals surface area (Å²) in [5, 5.41) is 2.94. The van der Waals surface area contributed by atoms with Crippen molar-refractivity contribution < 1.29 is 27.8 Å². The summed E-state index contributed by atoms with van der Waals surface area (Å²) in [4.78, 5) is 26.8. The molecule has 1 saturated heterocycles. The van der Waals surface area contributed by atoms with E-state index in [1.165, 1.54) is 25.3 Å². The molecule has 0 aromatic heterocycles. The Kier molecular flexibility index (Phi) is 7.21. The van der Waals surface area contributed by atoms with Crippen LogP contribution in [0, 0.1) is 5.92 Å². The second-order valence-electron chi connectivity index (χ2n) is 7.01. The van der Waals surface area contributed by atoms with Crippen LogP contribution in [0.4, 0.5) is 8.78 Å². The number of halogens is 2. The van der Waals surface area contributed by atoms with Crippen LogP contribution in [-0.4, -0.2) is 43.5 Å². The molecular formula is C22H24F2N2O4. The number of ether oxygens (including phenoxy) is 2. The van der Waals surface area contributed by atoms with E-state index in [1.54, 1.807) is 4.90 Å². The second kappa shape index (κ2) is 10.0. The molecule has 0 saturated carbocycles. The smallest absolute Gasteiger partial charge is 0.387 e. The summed E-state index contributed by atoms with van der Waals surface area (Å²) in [6.07, 6.45) is 1.09. The molecule has 2 aromatic carbocycles. The molecule has 160 valence electrons. The van der Waals surface area contributed by atoms with Crippen LogP contribution in [-0.2, 0) is 11.3 Å². The molecule has 8 heteroatoms. The van der Waals surface area contributed by atoms with E-state index >= 15 is 0 Å². The second-order valence-corrected chi connectivity index (χ2v) is 7.01. The minimum absolute atomic E-state index is 0.0250. The van der Waals surface area contributed by atoms with Crippen molar-refractivity contribution in [3.05, 3.63) is 59.7 Å². The van der Waals surface area contributed by atoms with Gasteiger partial charge in [0.1, 0.15) is 0 Å². The third-order valence-electron chi connectivity index (χ3n) is 5.09. The number of likely N-dealkylation sites (tertiary alicyclic amines) is 1. The molecule has 2 amide bonds. The third kappa shape index (κ3) is 5.46. The Morgan fingerprint density at radius 1 is 1.10 bits per heavy atom. The van der Waals surface area contributed by atoms with Gasteiger partial charge in [-0.25, -0.2) is 0 Å². The van der Waals surface area contributed by atoms with E-state index in [9.17, 15) is 18.4 Å². The lowest BCUT2D eigenvalue weighted by Gasteiger charge is -2.31. The van der Waals surface area contributed by atoms with E-state index < -0.39 is 6.61 Å². The van der Waals surface area contributed by atoms with Gasteiger partial charge in [0.05, 0.1) is 7.11 Å². The largest absolute Gasteiger partial charge is 0.493 e. The number of hydrogen-bond acceptors (Lipinski definition) is 4. The highest BCUT2D eigenvalue weighted by Gasteiger charge is 2.28. The van der Waals surface area contributed by atoms with Crippen molar-refractivity contribution >= 4 is 11.8 Å². The Morgan fingerprint density at radius 3 is 2.43 bits per heavy atom. The first-order chi connectivity index (χ1) is 14.5. The van der Waals surface area contributed by atoms with Crippen LogP contribution >= 0.6 is 0 Å². The van der Waals surface area contributed by atoms with Gasteiger partial charge in [-0.05, 0) is 36.6 Å². The maximum absolute atomic E-state index is 12.8. The molecule has 0 radical (unpaired) electrons. The predicted octanol–water partition coefficient (Wildman–Crippen LogP) is 3.47. The van der Waals surface area contributed by atoms with E-state index in [0.29, 0.717) is 32.5 Å². The molecule has 3 rings (SSSR count). The van der Waals surface area contributed by atoms with E-state index in [0.717, 1.165) is 5.56 Å². The summed E-state index contributed by atoms with van der Waals surface area (Å²) < 4.78 is 34.6. The van der Waals surface area contributed by atoms with Crippen molar-refractivity contribution in [2.45, 2.75) is 26.0 Å². The molecule has 0 spiro atoms. The van der Waals surface area contributed by atoms with Crippen LogP contribution in [0.3, 0.4) is 0 Å². The minimum Gasteiger partial charge on any atom is -0.493 e. The number of piperidine rings is 1. The molecular weight excluding hydrogens is 394 g/mol. The average Bonchev–Trinajstić information content (AvgIpc) is 2.77. The van der Waals surface area contributed by atoms with Gasteiger partial charge in [-0.15, -0.1) is 0 Å². The Labute approximate surface area is 173 Å². The molecule has 0 unspecified atom stereocenters. The fraction of sp³-hybridized carbons (Fsp3) is 0.364. The number of benzene rings is 2. The van der Waals surface area contributed by atoms with Crippen molar-refractivity contribution in [1.82, 2.24) is 10.2 Å². The van der Waals surface area contributed by atoms with E-state index in [-0.39, 0.29) is 34.8 Å². The van der Waals surface area contributed by atoms with Gasteiger partial charge >= 0.3 is 6.61 Å². The molecule has 30 heavy (non-hydrogen) atoms. The number of carbonyl (C=O) groups excluding carboxylic acids is 2. The normalized spacial score (nSPS) is 14.5. The Morgan fingerprint density at radius 2 is 1.80 bits per heavy atom. The maximum Gasteiger partial charge on any atom is 0.387 e. The van der Waals surface area contributed by atoms with Gasteiger partial charge in [0.2, 0.25) is 5.91 Å². The van der Waals surface area contributed by atoms with Crippen LogP contribution in [0.1, 0.15) is 28.8 Å². The Balaban J connectivity index is 1.55. The quantitative estimate of drug-likeness (QED) is 0.748. The number of amides is 2. The first kappa shape index (κ1) is 21.5. The number of carbonyl (C=O) groups is 2. The lowest BCUT2D eigenvalue weighted by molar-refractivity contribution is -0.126. The summed E-state index contributed by atoms with van der Waals surface area (Å²) >= 11 is 0. The number of methoxy groups -OCH3 is 1. The summed E-state index contributed by atoms with van der Waals surface area (Å²) in [7, 11) is 1.34. The average molecular weight is 418 g/mol. The highest BCUT2D eigenvalue weighted by Crippen LogP contribution is 2.30. The zero-order valence-corrected chi connectivity index (χ0v) is 16.6. The predicted molar refractivity (Wildman–Crippen MR) is 107 cm³/mol. The first-order valence-electron chi connectivity index (χ1n) is 9.71. The lowest BCUT2D eigenvalue weighted by atomic mass is 9.95. The molecule has 1 aliphatic heterocycles. The van der Waals surface area contributed by atoms with Crippen molar-refractivity contribution in [3.63, 3.8) is 0 Å². The van der Waals surface area contributed by atoms with Crippen LogP contribution in [0.2, 0.25) is 0 Å². The standard InChI is InChI=1S/C22H24F2N2O4/c1-29-18-8-7-17(13-19(18)30-22(23)24)21(28)26-11-9-16(10-12-26)20(27)25-14-15-5-3-2-4-6-15/h2-8,13,16,22H,9-12,14H2,1H3,(H,25,27). The molecule has 1 aliphatic rings. The summed E-state index contributed by atoms with van der Waals surface area (Å²) in [6, 6.07) is 13.8. The highest BCUT2D eigenvalue weighted by molar-refractivity contribution is 5.95.